The lowest BCUT2D eigenvalue weighted by molar-refractivity contribution is -0.145. The summed E-state index contributed by atoms with van der Waals surface area (Å²) in [6, 6.07) is 3.86. The normalized spacial score (nSPS) is 27.9. The number of allylic oxidation sites excluding steroid dienone is 1. The first kappa shape index (κ1) is 34.2. The molecule has 49 heavy (non-hydrogen) atoms. The minimum absolute atomic E-state index is 0.0459. The predicted octanol–water partition coefficient (Wildman–Crippen LogP) is 5.37. The van der Waals surface area contributed by atoms with E-state index in [9.17, 15) is 46.2 Å². The standard InChI is InChI=1S/C34H35F5N4O6/c35-22-11-21(34(37,38)39)12-23(13-22)40-27-10-5-3-1-2-4-8-20-15-33(20,31(46)47)41-29(44)28-14-24(17-43(28)30(27)45)49-32(48)42-16-19-7-6-9-26(36)25(19)18-42/h4,6-9,11-13,20,24,27-28,40H,1-3,5,10,14-18H2,(H,41,44)(H,46,47)/b8-4-/t20-,24+,27-,28-,33+/m0/s1. The number of carbonyl (C=O) groups is 4. The molecule has 3 heterocycles. The van der Waals surface area contributed by atoms with Crippen LogP contribution in [0.15, 0.2) is 48.6 Å². The van der Waals surface area contributed by atoms with E-state index in [4.69, 9.17) is 4.74 Å². The number of halogens is 5. The third-order valence-corrected chi connectivity index (χ3v) is 9.64. The van der Waals surface area contributed by atoms with E-state index in [0.717, 1.165) is 11.0 Å². The summed E-state index contributed by atoms with van der Waals surface area (Å²) in [5.74, 6) is -4.86. The van der Waals surface area contributed by atoms with Crippen molar-refractivity contribution in [3.05, 3.63) is 76.9 Å². The second kappa shape index (κ2) is 13.3. The summed E-state index contributed by atoms with van der Waals surface area (Å²) in [4.78, 5) is 55.9. The molecule has 0 aromatic heterocycles. The molecule has 0 spiro atoms. The maximum Gasteiger partial charge on any atom is 0.416 e. The molecule has 3 amide bonds. The van der Waals surface area contributed by atoms with Crippen LogP contribution in [-0.2, 0) is 38.4 Å². The summed E-state index contributed by atoms with van der Waals surface area (Å²) in [6.45, 7) is -0.243. The number of carbonyl (C=O) groups excluding carboxylic acids is 3. The van der Waals surface area contributed by atoms with Gasteiger partial charge < -0.3 is 25.4 Å². The summed E-state index contributed by atoms with van der Waals surface area (Å²) in [5, 5.41) is 15.4. The quantitative estimate of drug-likeness (QED) is 0.291. The third-order valence-electron chi connectivity index (χ3n) is 9.64. The maximum atomic E-state index is 14.3. The van der Waals surface area contributed by atoms with Crippen LogP contribution >= 0.6 is 0 Å². The average Bonchev–Trinajstić information content (AvgIpc) is 3.34. The van der Waals surface area contributed by atoms with Crippen molar-refractivity contribution in [1.29, 1.82) is 0 Å². The van der Waals surface area contributed by atoms with Crippen LogP contribution in [0.25, 0.3) is 0 Å². The Morgan fingerprint density at radius 3 is 2.59 bits per heavy atom. The van der Waals surface area contributed by atoms with Gasteiger partial charge in [0.15, 0.2) is 0 Å². The van der Waals surface area contributed by atoms with Crippen molar-refractivity contribution < 1.29 is 51.0 Å². The number of amides is 3. The summed E-state index contributed by atoms with van der Waals surface area (Å²) in [6.07, 6.45) is -0.650. The molecule has 0 bridgehead atoms. The Morgan fingerprint density at radius 1 is 1.06 bits per heavy atom. The van der Waals surface area contributed by atoms with Gasteiger partial charge in [-0.05, 0) is 55.5 Å². The minimum Gasteiger partial charge on any atom is -0.479 e. The first-order valence-electron chi connectivity index (χ1n) is 16.1. The van der Waals surface area contributed by atoms with E-state index in [1.807, 2.05) is 6.08 Å². The number of alkyl halides is 3. The summed E-state index contributed by atoms with van der Waals surface area (Å²) in [7, 11) is 0. The lowest BCUT2D eigenvalue weighted by Crippen LogP contribution is -2.55. The second-order valence-corrected chi connectivity index (χ2v) is 13.0. The minimum atomic E-state index is -4.85. The molecule has 10 nitrogen and oxygen atoms in total. The summed E-state index contributed by atoms with van der Waals surface area (Å²) in [5.41, 5.74) is -2.17. The Bertz CT molecular complexity index is 1680. The Labute approximate surface area is 278 Å². The highest BCUT2D eigenvalue weighted by Crippen LogP contribution is 2.45. The van der Waals surface area contributed by atoms with Crippen LogP contribution in [0.4, 0.5) is 32.4 Å². The van der Waals surface area contributed by atoms with Crippen LogP contribution in [0.1, 0.15) is 61.6 Å². The van der Waals surface area contributed by atoms with Gasteiger partial charge in [0.25, 0.3) is 0 Å². The lowest BCUT2D eigenvalue weighted by atomic mass is 10.0. The number of nitrogens with one attached hydrogen (secondary N) is 2. The predicted molar refractivity (Wildman–Crippen MR) is 164 cm³/mol. The molecule has 1 aliphatic carbocycles. The van der Waals surface area contributed by atoms with Gasteiger partial charge >= 0.3 is 18.2 Å². The number of ether oxygens (including phenoxy) is 1. The molecule has 1 saturated heterocycles. The van der Waals surface area contributed by atoms with Crippen molar-refractivity contribution in [1.82, 2.24) is 15.1 Å². The number of hydrogen-bond acceptors (Lipinski definition) is 6. The number of aliphatic carboxylic acids is 1. The monoisotopic (exact) mass is 690 g/mol. The van der Waals surface area contributed by atoms with Crippen LogP contribution in [0, 0.1) is 17.6 Å². The SMILES string of the molecule is O=C1N[C@]2(C(=O)O)C[C@@H]2/C=C\CCCCC[C@H](Nc2cc(F)cc(C(F)(F)F)c2)C(=O)N2C[C@H](OC(=O)N3Cc4cccc(F)c4C3)C[C@@H]12. The van der Waals surface area contributed by atoms with Gasteiger partial charge in [-0.3, -0.25) is 14.5 Å². The fraction of sp³-hybridized carbons (Fsp3) is 0.471. The van der Waals surface area contributed by atoms with Crippen LogP contribution in [-0.4, -0.2) is 69.1 Å². The zero-order valence-corrected chi connectivity index (χ0v) is 26.3. The Morgan fingerprint density at radius 2 is 1.86 bits per heavy atom. The van der Waals surface area contributed by atoms with Crippen LogP contribution in [0.2, 0.25) is 0 Å². The molecular weight excluding hydrogens is 655 g/mol. The molecule has 15 heteroatoms. The van der Waals surface area contributed by atoms with E-state index in [-0.39, 0.29) is 44.6 Å². The highest BCUT2D eigenvalue weighted by molar-refractivity contribution is 5.96. The smallest absolute Gasteiger partial charge is 0.416 e. The number of hydrogen-bond donors (Lipinski definition) is 3. The number of carboxylic acids is 1. The Balaban J connectivity index is 1.27. The topological polar surface area (TPSA) is 128 Å². The number of rotatable bonds is 4. The molecule has 0 unspecified atom stereocenters. The summed E-state index contributed by atoms with van der Waals surface area (Å²) >= 11 is 0. The fourth-order valence-electron chi connectivity index (χ4n) is 6.91. The van der Waals surface area contributed by atoms with Gasteiger partial charge in [0.05, 0.1) is 18.7 Å². The van der Waals surface area contributed by atoms with E-state index < -0.39 is 76.9 Å². The Kier molecular flexibility index (Phi) is 9.29. The molecule has 6 rings (SSSR count). The molecule has 1 saturated carbocycles. The number of carboxylic acid groups (broad SMARTS) is 1. The molecule has 4 aliphatic rings. The van der Waals surface area contributed by atoms with Gasteiger partial charge in [0.1, 0.15) is 35.4 Å². The zero-order valence-electron chi connectivity index (χ0n) is 26.3. The third kappa shape index (κ3) is 7.20. The molecule has 2 fully saturated rings. The van der Waals surface area contributed by atoms with Crippen LogP contribution in [0.3, 0.4) is 0 Å². The summed E-state index contributed by atoms with van der Waals surface area (Å²) < 4.78 is 74.8. The second-order valence-electron chi connectivity index (χ2n) is 13.0. The van der Waals surface area contributed by atoms with Crippen molar-refractivity contribution in [3.8, 4) is 0 Å². The van der Waals surface area contributed by atoms with E-state index in [0.29, 0.717) is 48.9 Å². The number of anilines is 1. The first-order valence-corrected chi connectivity index (χ1v) is 16.1. The molecule has 262 valence electrons. The van der Waals surface area contributed by atoms with Gasteiger partial charge in [-0.15, -0.1) is 0 Å². The van der Waals surface area contributed by atoms with Crippen LogP contribution < -0.4 is 10.6 Å². The highest BCUT2D eigenvalue weighted by Gasteiger charge is 2.61. The fourth-order valence-corrected chi connectivity index (χ4v) is 6.91. The van der Waals surface area contributed by atoms with E-state index in [1.54, 1.807) is 12.1 Å². The van der Waals surface area contributed by atoms with Crippen molar-refractivity contribution in [3.63, 3.8) is 0 Å². The number of benzene rings is 2. The van der Waals surface area contributed by atoms with Crippen molar-refractivity contribution in [2.45, 2.75) is 87.9 Å². The van der Waals surface area contributed by atoms with Gasteiger partial charge in [-0.25, -0.2) is 18.4 Å². The molecule has 2 aromatic rings. The zero-order chi connectivity index (χ0) is 35.1. The molecular formula is C34H35F5N4O6. The van der Waals surface area contributed by atoms with E-state index >= 15 is 0 Å². The first-order chi connectivity index (χ1) is 23.2. The largest absolute Gasteiger partial charge is 0.479 e. The van der Waals surface area contributed by atoms with Gasteiger partial charge in [0.2, 0.25) is 11.8 Å². The number of fused-ring (bicyclic) bond motifs is 3. The van der Waals surface area contributed by atoms with Crippen molar-refractivity contribution in [2.75, 3.05) is 11.9 Å². The van der Waals surface area contributed by atoms with E-state index in [2.05, 4.69) is 10.6 Å². The van der Waals surface area contributed by atoms with Gasteiger partial charge in [-0.1, -0.05) is 37.1 Å². The molecule has 3 N–H and O–H groups in total. The molecule has 3 aliphatic heterocycles. The Hall–Kier alpha value is -4.69. The molecule has 0 radical (unpaired) electrons. The maximum absolute atomic E-state index is 14.3. The van der Waals surface area contributed by atoms with Crippen molar-refractivity contribution in [2.24, 2.45) is 5.92 Å². The van der Waals surface area contributed by atoms with Crippen molar-refractivity contribution >= 4 is 29.6 Å². The highest BCUT2D eigenvalue weighted by atomic mass is 19.4. The van der Waals surface area contributed by atoms with E-state index in [1.165, 1.54) is 17.0 Å². The van der Waals surface area contributed by atoms with Gasteiger partial charge in [0, 0.05) is 30.1 Å². The average molecular weight is 691 g/mol. The van der Waals surface area contributed by atoms with Crippen LogP contribution in [0.5, 0.6) is 0 Å². The lowest BCUT2D eigenvalue weighted by Gasteiger charge is -2.30. The van der Waals surface area contributed by atoms with Gasteiger partial charge in [-0.2, -0.15) is 13.2 Å². The number of nitrogens with zero attached hydrogens (tertiary/aromatic N) is 2. The molecule has 2 aromatic carbocycles. The molecule has 5 atom stereocenters.